The highest BCUT2D eigenvalue weighted by atomic mass is 19.1. The molecule has 0 spiro atoms. The number of nitrogens with two attached hydrogens (primary N) is 1. The van der Waals surface area contributed by atoms with Gasteiger partial charge in [-0.05, 0) is 31.0 Å². The smallest absolute Gasteiger partial charge is 0.333 e. The number of halogens is 1. The van der Waals surface area contributed by atoms with Crippen molar-refractivity contribution in [2.24, 2.45) is 0 Å². The molecular formula is C12H13FN4O2. The fourth-order valence-electron chi connectivity index (χ4n) is 1.91. The fourth-order valence-corrected chi connectivity index (χ4v) is 1.91. The summed E-state index contributed by atoms with van der Waals surface area (Å²) in [6.45, 7) is 3.45. The monoisotopic (exact) mass is 264 g/mol. The molecule has 0 unspecified atom stereocenters. The van der Waals surface area contributed by atoms with Crippen molar-refractivity contribution in [3.05, 3.63) is 51.0 Å². The topological polar surface area (TPSA) is 87.0 Å². The molecule has 0 bridgehead atoms. The summed E-state index contributed by atoms with van der Waals surface area (Å²) in [7, 11) is 0. The highest BCUT2D eigenvalue weighted by molar-refractivity contribution is 5.56. The number of nitro groups is 1. The van der Waals surface area contributed by atoms with Gasteiger partial charge in [-0.1, -0.05) is 12.1 Å². The van der Waals surface area contributed by atoms with Gasteiger partial charge in [0.2, 0.25) is 5.82 Å². The Balaban J connectivity index is 2.36. The zero-order valence-corrected chi connectivity index (χ0v) is 10.6. The molecule has 0 aliphatic heterocycles. The number of aryl methyl sites for hydroxylation is 2. The standard InChI is InChI=1S/C12H13FN4O2/c1-7-5-9(3-4-10(7)13)6-16-12(14)11(17(18)19)8(2)15-16/h3-5H,6,14H2,1-2H3. The van der Waals surface area contributed by atoms with Gasteiger partial charge in [-0.3, -0.25) is 10.1 Å². The Kier molecular flexibility index (Phi) is 3.20. The molecule has 0 atom stereocenters. The minimum atomic E-state index is -0.552. The summed E-state index contributed by atoms with van der Waals surface area (Å²) < 4.78 is 14.5. The second-order valence-corrected chi connectivity index (χ2v) is 4.32. The van der Waals surface area contributed by atoms with Crippen LogP contribution in [0.1, 0.15) is 16.8 Å². The third-order valence-corrected chi connectivity index (χ3v) is 2.87. The normalized spacial score (nSPS) is 10.7. The Morgan fingerprint density at radius 1 is 1.47 bits per heavy atom. The molecule has 1 heterocycles. The van der Waals surface area contributed by atoms with Gasteiger partial charge in [-0.25, -0.2) is 9.07 Å². The van der Waals surface area contributed by atoms with E-state index in [0.717, 1.165) is 5.56 Å². The number of anilines is 1. The molecule has 1 aromatic heterocycles. The predicted molar refractivity (Wildman–Crippen MR) is 68.3 cm³/mol. The lowest BCUT2D eigenvalue weighted by molar-refractivity contribution is -0.384. The SMILES string of the molecule is Cc1cc(Cn2nc(C)c([N+](=O)[O-])c2N)ccc1F. The third kappa shape index (κ3) is 2.40. The highest BCUT2D eigenvalue weighted by Gasteiger charge is 2.22. The minimum absolute atomic E-state index is 0.00415. The van der Waals surface area contributed by atoms with Gasteiger partial charge in [-0.2, -0.15) is 5.10 Å². The molecule has 2 aromatic rings. The predicted octanol–water partition coefficient (Wildman–Crippen LogP) is 2.18. The summed E-state index contributed by atoms with van der Waals surface area (Å²) in [5.74, 6) is -0.288. The molecule has 0 aliphatic carbocycles. The number of benzene rings is 1. The molecule has 0 saturated heterocycles. The number of hydrogen-bond acceptors (Lipinski definition) is 4. The Labute approximate surface area is 108 Å². The zero-order valence-electron chi connectivity index (χ0n) is 10.6. The van der Waals surface area contributed by atoms with Gasteiger partial charge in [0.15, 0.2) is 0 Å². The minimum Gasteiger partial charge on any atom is -0.378 e. The molecule has 0 saturated carbocycles. The van der Waals surface area contributed by atoms with E-state index in [2.05, 4.69) is 5.10 Å². The van der Waals surface area contributed by atoms with Crippen molar-refractivity contribution in [2.45, 2.75) is 20.4 Å². The Morgan fingerprint density at radius 3 is 2.68 bits per heavy atom. The Bertz CT molecular complexity index is 651. The van der Waals surface area contributed by atoms with E-state index in [4.69, 9.17) is 5.73 Å². The maximum absolute atomic E-state index is 13.2. The molecule has 7 heteroatoms. The lowest BCUT2D eigenvalue weighted by atomic mass is 10.1. The summed E-state index contributed by atoms with van der Waals surface area (Å²) in [5, 5.41) is 14.9. The summed E-state index contributed by atoms with van der Waals surface area (Å²) in [6, 6.07) is 4.62. The molecule has 2 N–H and O–H groups in total. The van der Waals surface area contributed by atoms with Gasteiger partial charge in [0, 0.05) is 0 Å². The first kappa shape index (κ1) is 13.0. The molecule has 19 heavy (non-hydrogen) atoms. The third-order valence-electron chi connectivity index (χ3n) is 2.87. The van der Waals surface area contributed by atoms with Crippen molar-refractivity contribution in [3.63, 3.8) is 0 Å². The molecule has 0 radical (unpaired) electrons. The van der Waals surface area contributed by atoms with E-state index < -0.39 is 4.92 Å². The van der Waals surface area contributed by atoms with E-state index >= 15 is 0 Å². The summed E-state index contributed by atoms with van der Waals surface area (Å²) >= 11 is 0. The van der Waals surface area contributed by atoms with Crippen molar-refractivity contribution >= 4 is 11.5 Å². The lowest BCUT2D eigenvalue weighted by Gasteiger charge is -2.05. The number of aromatic nitrogens is 2. The average molecular weight is 264 g/mol. The molecule has 2 rings (SSSR count). The first-order valence-corrected chi connectivity index (χ1v) is 5.62. The molecule has 0 aliphatic rings. The van der Waals surface area contributed by atoms with Gasteiger partial charge in [0.1, 0.15) is 11.5 Å². The van der Waals surface area contributed by atoms with Crippen LogP contribution in [0.3, 0.4) is 0 Å². The number of rotatable bonds is 3. The van der Waals surface area contributed by atoms with Crippen molar-refractivity contribution in [2.75, 3.05) is 5.73 Å². The van der Waals surface area contributed by atoms with Gasteiger partial charge >= 0.3 is 5.69 Å². The van der Waals surface area contributed by atoms with Crippen LogP contribution in [0.25, 0.3) is 0 Å². The second kappa shape index (κ2) is 4.68. The van der Waals surface area contributed by atoms with Crippen molar-refractivity contribution in [3.8, 4) is 0 Å². The quantitative estimate of drug-likeness (QED) is 0.679. The van der Waals surface area contributed by atoms with E-state index in [9.17, 15) is 14.5 Å². The molecule has 6 nitrogen and oxygen atoms in total. The molecule has 0 amide bonds. The van der Waals surface area contributed by atoms with Crippen molar-refractivity contribution in [1.29, 1.82) is 0 Å². The van der Waals surface area contributed by atoms with E-state index in [0.29, 0.717) is 5.56 Å². The van der Waals surface area contributed by atoms with Crippen molar-refractivity contribution in [1.82, 2.24) is 9.78 Å². The van der Waals surface area contributed by atoms with Gasteiger partial charge < -0.3 is 5.73 Å². The first-order chi connectivity index (χ1) is 8.90. The maximum Gasteiger partial charge on any atom is 0.333 e. The van der Waals surface area contributed by atoms with E-state index in [-0.39, 0.29) is 29.6 Å². The zero-order chi connectivity index (χ0) is 14.2. The van der Waals surface area contributed by atoms with E-state index in [1.807, 2.05) is 0 Å². The van der Waals surface area contributed by atoms with Gasteiger partial charge in [0.25, 0.3) is 0 Å². The van der Waals surface area contributed by atoms with Crippen LogP contribution in [0.5, 0.6) is 0 Å². The molecule has 1 aromatic carbocycles. The van der Waals surface area contributed by atoms with Crippen LogP contribution < -0.4 is 5.73 Å². The number of nitrogen functional groups attached to an aromatic ring is 1. The molecular weight excluding hydrogens is 251 g/mol. The van der Waals surface area contributed by atoms with Gasteiger partial charge in [-0.15, -0.1) is 0 Å². The van der Waals surface area contributed by atoms with Crippen LogP contribution in [0.2, 0.25) is 0 Å². The van der Waals surface area contributed by atoms with Crippen LogP contribution in [0, 0.1) is 29.8 Å². The number of hydrogen-bond donors (Lipinski definition) is 1. The van der Waals surface area contributed by atoms with Crippen LogP contribution in [0.15, 0.2) is 18.2 Å². The Hall–Kier alpha value is -2.44. The second-order valence-electron chi connectivity index (χ2n) is 4.32. The first-order valence-electron chi connectivity index (χ1n) is 5.62. The lowest BCUT2D eigenvalue weighted by Crippen LogP contribution is -2.07. The largest absolute Gasteiger partial charge is 0.378 e. The van der Waals surface area contributed by atoms with Crippen LogP contribution in [-0.4, -0.2) is 14.7 Å². The molecule has 100 valence electrons. The average Bonchev–Trinajstić information content (AvgIpc) is 2.59. The summed E-state index contributed by atoms with van der Waals surface area (Å²) in [4.78, 5) is 10.3. The van der Waals surface area contributed by atoms with Crippen LogP contribution in [-0.2, 0) is 6.54 Å². The van der Waals surface area contributed by atoms with Crippen LogP contribution in [0.4, 0.5) is 15.9 Å². The summed E-state index contributed by atoms with van der Waals surface area (Å²) in [6.07, 6.45) is 0. The van der Waals surface area contributed by atoms with Gasteiger partial charge in [0.05, 0.1) is 11.5 Å². The summed E-state index contributed by atoms with van der Waals surface area (Å²) in [5.41, 5.74) is 7.08. The number of nitrogens with zero attached hydrogens (tertiary/aromatic N) is 3. The Morgan fingerprint density at radius 2 is 2.16 bits per heavy atom. The van der Waals surface area contributed by atoms with E-state index in [1.165, 1.54) is 17.7 Å². The fraction of sp³-hybridized carbons (Fsp3) is 0.250. The highest BCUT2D eigenvalue weighted by Crippen LogP contribution is 2.25. The maximum atomic E-state index is 13.2. The van der Waals surface area contributed by atoms with Crippen LogP contribution >= 0.6 is 0 Å². The van der Waals surface area contributed by atoms with Crippen molar-refractivity contribution < 1.29 is 9.31 Å². The molecule has 0 fully saturated rings. The van der Waals surface area contributed by atoms with E-state index in [1.54, 1.807) is 19.1 Å².